The number of halogens is 1. The van der Waals surface area contributed by atoms with Gasteiger partial charge in [0.05, 0.1) is 16.0 Å². The number of Topliss-reactive ketones (excluding diaryl/α,β-unsaturated/α-hetero) is 1. The Morgan fingerprint density at radius 2 is 2.11 bits per heavy atom. The quantitative estimate of drug-likeness (QED) is 0.797. The van der Waals surface area contributed by atoms with Crippen LogP contribution in [0.2, 0.25) is 0 Å². The number of nitrogens with zero attached hydrogens (tertiary/aromatic N) is 2. The van der Waals surface area contributed by atoms with Crippen LogP contribution in [0.4, 0.5) is 4.39 Å². The van der Waals surface area contributed by atoms with Crippen LogP contribution in [0.3, 0.4) is 0 Å². The second-order valence-corrected chi connectivity index (χ2v) is 4.96. The molecule has 1 aromatic heterocycles. The molecule has 0 amide bonds. The Morgan fingerprint density at radius 3 is 2.61 bits per heavy atom. The summed E-state index contributed by atoms with van der Waals surface area (Å²) in [6, 6.07) is 7.34. The van der Waals surface area contributed by atoms with Crippen molar-refractivity contribution in [1.82, 2.24) is 4.98 Å². The van der Waals surface area contributed by atoms with Crippen LogP contribution in [0.5, 0.6) is 0 Å². The maximum atomic E-state index is 12.8. The first-order chi connectivity index (χ1) is 8.61. The van der Waals surface area contributed by atoms with Crippen LogP contribution in [0.25, 0.3) is 0 Å². The van der Waals surface area contributed by atoms with E-state index in [2.05, 4.69) is 4.98 Å². The van der Waals surface area contributed by atoms with Gasteiger partial charge in [0.2, 0.25) is 0 Å². The van der Waals surface area contributed by atoms with Gasteiger partial charge in [0, 0.05) is 6.20 Å². The van der Waals surface area contributed by atoms with Crippen molar-refractivity contribution in [2.24, 2.45) is 0 Å². The van der Waals surface area contributed by atoms with Crippen LogP contribution in [0.15, 0.2) is 30.5 Å². The van der Waals surface area contributed by atoms with E-state index in [-0.39, 0.29) is 5.78 Å². The topological polar surface area (TPSA) is 53.8 Å². The van der Waals surface area contributed by atoms with Crippen LogP contribution < -0.4 is 0 Å². The average Bonchev–Trinajstić information content (AvgIpc) is 2.79. The van der Waals surface area contributed by atoms with E-state index in [0.29, 0.717) is 10.4 Å². The van der Waals surface area contributed by atoms with Crippen molar-refractivity contribution < 1.29 is 9.18 Å². The Kier molecular flexibility index (Phi) is 3.49. The summed E-state index contributed by atoms with van der Waals surface area (Å²) in [6.45, 7) is 1.79. The Balaban J connectivity index is 2.32. The van der Waals surface area contributed by atoms with Gasteiger partial charge in [-0.05, 0) is 24.6 Å². The van der Waals surface area contributed by atoms with Gasteiger partial charge in [-0.3, -0.25) is 4.79 Å². The number of thiazole rings is 1. The SMILES string of the molecule is Cc1ncc(C(=O)C(C#N)c2ccc(F)cc2)s1. The molecule has 0 N–H and O–H groups in total. The molecule has 0 saturated carbocycles. The van der Waals surface area contributed by atoms with E-state index < -0.39 is 11.7 Å². The van der Waals surface area contributed by atoms with Gasteiger partial charge in [-0.15, -0.1) is 11.3 Å². The highest BCUT2D eigenvalue weighted by Crippen LogP contribution is 2.23. The minimum atomic E-state index is -0.912. The number of hydrogen-bond acceptors (Lipinski definition) is 4. The minimum Gasteiger partial charge on any atom is -0.291 e. The summed E-state index contributed by atoms with van der Waals surface area (Å²) in [6.07, 6.45) is 1.47. The van der Waals surface area contributed by atoms with Crippen LogP contribution in [-0.2, 0) is 0 Å². The first kappa shape index (κ1) is 12.4. The third-order valence-electron chi connectivity index (χ3n) is 2.46. The highest BCUT2D eigenvalue weighted by atomic mass is 32.1. The molecule has 0 aliphatic carbocycles. The Bertz CT molecular complexity index is 613. The number of aromatic nitrogens is 1. The molecule has 1 aromatic carbocycles. The van der Waals surface area contributed by atoms with E-state index in [1.165, 1.54) is 41.8 Å². The first-order valence-corrected chi connectivity index (χ1v) is 6.05. The van der Waals surface area contributed by atoms with E-state index in [9.17, 15) is 9.18 Å². The third kappa shape index (κ3) is 2.44. The van der Waals surface area contributed by atoms with Gasteiger partial charge in [0.25, 0.3) is 0 Å². The van der Waals surface area contributed by atoms with E-state index in [4.69, 9.17) is 5.26 Å². The molecular formula is C13H9FN2OS. The fourth-order valence-electron chi connectivity index (χ4n) is 1.56. The normalized spacial score (nSPS) is 11.8. The van der Waals surface area contributed by atoms with Crippen molar-refractivity contribution >= 4 is 17.1 Å². The number of rotatable bonds is 3. The predicted octanol–water partition coefficient (Wildman–Crippen LogP) is 3.08. The lowest BCUT2D eigenvalue weighted by molar-refractivity contribution is 0.0982. The molecule has 0 aliphatic heterocycles. The highest BCUT2D eigenvalue weighted by molar-refractivity contribution is 7.13. The van der Waals surface area contributed by atoms with Gasteiger partial charge in [0.1, 0.15) is 11.7 Å². The van der Waals surface area contributed by atoms with E-state index in [1.807, 2.05) is 6.07 Å². The van der Waals surface area contributed by atoms with Crippen LogP contribution in [0.1, 0.15) is 26.2 Å². The van der Waals surface area contributed by atoms with Crippen molar-refractivity contribution in [3.8, 4) is 6.07 Å². The number of carbonyl (C=O) groups excluding carboxylic acids is 1. The molecule has 3 nitrogen and oxygen atoms in total. The number of carbonyl (C=O) groups is 1. The lowest BCUT2D eigenvalue weighted by Crippen LogP contribution is -2.09. The summed E-state index contributed by atoms with van der Waals surface area (Å²) in [7, 11) is 0. The van der Waals surface area contributed by atoms with Gasteiger partial charge < -0.3 is 0 Å². The van der Waals surface area contributed by atoms with Gasteiger partial charge in [0.15, 0.2) is 5.78 Å². The smallest absolute Gasteiger partial charge is 0.195 e. The Labute approximate surface area is 108 Å². The molecule has 0 radical (unpaired) electrons. The maximum absolute atomic E-state index is 12.8. The Hall–Kier alpha value is -2.06. The molecule has 18 heavy (non-hydrogen) atoms. The number of aryl methyl sites for hydroxylation is 1. The standard InChI is InChI=1S/C13H9FN2OS/c1-8-16-7-12(18-8)13(17)11(6-15)9-2-4-10(14)5-3-9/h2-5,7,11H,1H3. The second kappa shape index (κ2) is 5.07. The van der Waals surface area contributed by atoms with Crippen LogP contribution in [-0.4, -0.2) is 10.8 Å². The highest BCUT2D eigenvalue weighted by Gasteiger charge is 2.23. The maximum Gasteiger partial charge on any atom is 0.195 e. The van der Waals surface area contributed by atoms with E-state index in [1.54, 1.807) is 6.92 Å². The summed E-state index contributed by atoms with van der Waals surface area (Å²) < 4.78 is 12.8. The minimum absolute atomic E-state index is 0.297. The molecule has 0 saturated heterocycles. The summed E-state index contributed by atoms with van der Waals surface area (Å²) in [5.41, 5.74) is 0.495. The van der Waals surface area contributed by atoms with Gasteiger partial charge in [-0.2, -0.15) is 5.26 Å². The third-order valence-corrected chi connectivity index (χ3v) is 3.39. The predicted molar refractivity (Wildman–Crippen MR) is 65.9 cm³/mol. The van der Waals surface area contributed by atoms with Gasteiger partial charge in [-0.1, -0.05) is 12.1 Å². The van der Waals surface area contributed by atoms with Crippen molar-refractivity contribution in [3.63, 3.8) is 0 Å². The molecule has 0 bridgehead atoms. The average molecular weight is 260 g/mol. The monoisotopic (exact) mass is 260 g/mol. The number of hydrogen-bond donors (Lipinski definition) is 0. The summed E-state index contributed by atoms with van der Waals surface area (Å²) in [5.74, 6) is -1.60. The van der Waals surface area contributed by atoms with Crippen molar-refractivity contribution in [1.29, 1.82) is 5.26 Å². The fraction of sp³-hybridized carbons (Fsp3) is 0.154. The number of ketones is 1. The molecule has 1 heterocycles. The van der Waals surface area contributed by atoms with Crippen LogP contribution >= 0.6 is 11.3 Å². The number of nitriles is 1. The lowest BCUT2D eigenvalue weighted by atomic mass is 9.95. The van der Waals surface area contributed by atoms with Gasteiger partial charge >= 0.3 is 0 Å². The lowest BCUT2D eigenvalue weighted by Gasteiger charge is -2.06. The Morgan fingerprint density at radius 1 is 1.44 bits per heavy atom. The second-order valence-electron chi connectivity index (χ2n) is 3.72. The molecule has 0 aliphatic rings. The van der Waals surface area contributed by atoms with E-state index in [0.717, 1.165) is 5.01 Å². The summed E-state index contributed by atoms with van der Waals surface area (Å²) >= 11 is 1.25. The zero-order chi connectivity index (χ0) is 13.1. The largest absolute Gasteiger partial charge is 0.291 e. The fourth-order valence-corrected chi connectivity index (χ4v) is 2.30. The summed E-state index contributed by atoms with van der Waals surface area (Å²) in [5, 5.41) is 9.88. The molecule has 0 spiro atoms. The molecule has 1 atom stereocenters. The molecular weight excluding hydrogens is 251 g/mol. The van der Waals surface area contributed by atoms with Crippen molar-refractivity contribution in [3.05, 3.63) is 51.7 Å². The zero-order valence-electron chi connectivity index (χ0n) is 9.55. The summed E-state index contributed by atoms with van der Waals surface area (Å²) in [4.78, 5) is 16.6. The van der Waals surface area contributed by atoms with E-state index >= 15 is 0 Å². The molecule has 1 unspecified atom stereocenters. The molecule has 5 heteroatoms. The molecule has 0 fully saturated rings. The number of benzene rings is 1. The first-order valence-electron chi connectivity index (χ1n) is 5.23. The van der Waals surface area contributed by atoms with Gasteiger partial charge in [-0.25, -0.2) is 9.37 Å². The molecule has 2 aromatic rings. The van der Waals surface area contributed by atoms with Crippen molar-refractivity contribution in [2.45, 2.75) is 12.8 Å². The molecule has 90 valence electrons. The zero-order valence-corrected chi connectivity index (χ0v) is 10.4. The van der Waals surface area contributed by atoms with Crippen molar-refractivity contribution in [2.75, 3.05) is 0 Å². The van der Waals surface area contributed by atoms with Crippen LogP contribution in [0, 0.1) is 24.1 Å². The molecule has 2 rings (SSSR count).